The summed E-state index contributed by atoms with van der Waals surface area (Å²) in [7, 11) is 0. The molecule has 1 aromatic carbocycles. The molecule has 0 atom stereocenters. The molecule has 3 aromatic rings. The van der Waals surface area contributed by atoms with Crippen LogP contribution in [0.5, 0.6) is 5.75 Å². The van der Waals surface area contributed by atoms with Gasteiger partial charge in [-0.1, -0.05) is 12.1 Å². The summed E-state index contributed by atoms with van der Waals surface area (Å²) in [5, 5.41) is 5.43. The number of rotatable bonds is 7. The number of nitrogens with one attached hydrogen (secondary N) is 1. The lowest BCUT2D eigenvalue weighted by Gasteiger charge is -2.11. The molecule has 1 amide bonds. The number of ether oxygens (including phenoxy) is 1. The fraction of sp³-hybridized carbons (Fsp3) is 0.286. The van der Waals surface area contributed by atoms with Crippen LogP contribution in [0.3, 0.4) is 0 Å². The molecule has 0 saturated carbocycles. The van der Waals surface area contributed by atoms with Gasteiger partial charge in [0, 0.05) is 30.2 Å². The van der Waals surface area contributed by atoms with Crippen molar-refractivity contribution in [1.29, 1.82) is 0 Å². The Labute approximate surface area is 163 Å². The van der Waals surface area contributed by atoms with E-state index in [0.717, 1.165) is 22.0 Å². The molecule has 140 valence electrons. The summed E-state index contributed by atoms with van der Waals surface area (Å²) in [6.45, 7) is 7.06. The molecule has 0 unspecified atom stereocenters. The van der Waals surface area contributed by atoms with Crippen molar-refractivity contribution < 1.29 is 9.53 Å². The van der Waals surface area contributed by atoms with Gasteiger partial charge in [-0.3, -0.25) is 9.78 Å². The molecule has 2 heterocycles. The van der Waals surface area contributed by atoms with Crippen LogP contribution in [0.15, 0.2) is 41.9 Å². The second kappa shape index (κ2) is 8.77. The van der Waals surface area contributed by atoms with Gasteiger partial charge in [-0.2, -0.15) is 0 Å². The van der Waals surface area contributed by atoms with Crippen molar-refractivity contribution >= 4 is 17.2 Å². The average Bonchev–Trinajstić information content (AvgIpc) is 3.13. The number of hydrogen-bond acceptors (Lipinski definition) is 5. The van der Waals surface area contributed by atoms with E-state index in [9.17, 15) is 4.79 Å². The maximum atomic E-state index is 12.2. The van der Waals surface area contributed by atoms with Gasteiger partial charge in [-0.25, -0.2) is 4.98 Å². The Bertz CT molecular complexity index is 922. The molecule has 1 N–H and O–H groups in total. The zero-order chi connectivity index (χ0) is 19.2. The molecule has 0 aliphatic carbocycles. The van der Waals surface area contributed by atoms with Crippen LogP contribution in [0.1, 0.15) is 37.9 Å². The van der Waals surface area contributed by atoms with Crippen LogP contribution >= 0.6 is 11.3 Å². The van der Waals surface area contributed by atoms with Gasteiger partial charge in [0.1, 0.15) is 23.1 Å². The van der Waals surface area contributed by atoms with Crippen molar-refractivity contribution in [3.8, 4) is 5.75 Å². The van der Waals surface area contributed by atoms with Crippen LogP contribution in [-0.4, -0.2) is 22.4 Å². The zero-order valence-electron chi connectivity index (χ0n) is 15.8. The van der Waals surface area contributed by atoms with E-state index >= 15 is 0 Å². The summed E-state index contributed by atoms with van der Waals surface area (Å²) in [4.78, 5) is 20.9. The number of pyridine rings is 1. The smallest absolute Gasteiger partial charge is 0.270 e. The predicted octanol–water partition coefficient (Wildman–Crippen LogP) is 4.01. The van der Waals surface area contributed by atoms with Crippen LogP contribution < -0.4 is 10.1 Å². The zero-order valence-corrected chi connectivity index (χ0v) is 16.6. The molecule has 3 rings (SSSR count). The minimum absolute atomic E-state index is 0.170. The first-order valence-electron chi connectivity index (χ1n) is 8.86. The van der Waals surface area contributed by atoms with Gasteiger partial charge in [0.2, 0.25) is 0 Å². The Kier molecular flexibility index (Phi) is 6.19. The average molecular weight is 382 g/mol. The third kappa shape index (κ3) is 5.14. The number of hydrogen-bond donors (Lipinski definition) is 1. The van der Waals surface area contributed by atoms with E-state index in [2.05, 4.69) is 35.2 Å². The largest absolute Gasteiger partial charge is 0.486 e. The SMILES string of the molecule is Cc1cc(C)c(C)c(OCc2nc(C(=O)NCCc3ccccn3)cs2)c1. The summed E-state index contributed by atoms with van der Waals surface area (Å²) in [5.41, 5.74) is 4.88. The van der Waals surface area contributed by atoms with Crippen LogP contribution in [0, 0.1) is 20.8 Å². The third-order valence-corrected chi connectivity index (χ3v) is 5.11. The molecular weight excluding hydrogens is 358 g/mol. The van der Waals surface area contributed by atoms with Crippen molar-refractivity contribution in [2.24, 2.45) is 0 Å². The van der Waals surface area contributed by atoms with Crippen LogP contribution in [0.2, 0.25) is 0 Å². The van der Waals surface area contributed by atoms with E-state index in [1.54, 1.807) is 11.6 Å². The maximum Gasteiger partial charge on any atom is 0.270 e. The first kappa shape index (κ1) is 19.0. The van der Waals surface area contributed by atoms with E-state index in [4.69, 9.17) is 4.74 Å². The standard InChI is InChI=1S/C21H23N3O2S/c1-14-10-15(2)16(3)19(11-14)26-12-20-24-18(13-27-20)21(25)23-9-7-17-6-4-5-8-22-17/h4-6,8,10-11,13H,7,9,12H2,1-3H3,(H,23,25). The molecule has 0 aliphatic rings. The van der Waals surface area contributed by atoms with Gasteiger partial charge in [0.15, 0.2) is 0 Å². The normalized spacial score (nSPS) is 10.6. The van der Waals surface area contributed by atoms with Crippen molar-refractivity contribution in [2.75, 3.05) is 6.54 Å². The Morgan fingerprint density at radius 2 is 2.07 bits per heavy atom. The second-order valence-electron chi connectivity index (χ2n) is 6.45. The minimum atomic E-state index is -0.170. The fourth-order valence-corrected chi connectivity index (χ4v) is 3.40. The molecule has 27 heavy (non-hydrogen) atoms. The summed E-state index contributed by atoms with van der Waals surface area (Å²) >= 11 is 1.43. The van der Waals surface area contributed by atoms with E-state index in [1.807, 2.05) is 31.2 Å². The Balaban J connectivity index is 1.53. The molecule has 0 spiro atoms. The Hall–Kier alpha value is -2.73. The molecule has 0 aliphatic heterocycles. The van der Waals surface area contributed by atoms with Gasteiger partial charge in [-0.05, 0) is 55.7 Å². The molecular formula is C21H23N3O2S. The first-order valence-corrected chi connectivity index (χ1v) is 9.74. The van der Waals surface area contributed by atoms with Crippen molar-refractivity contribution in [3.05, 3.63) is 75.0 Å². The molecule has 0 bridgehead atoms. The molecule has 2 aromatic heterocycles. The number of benzene rings is 1. The summed E-state index contributed by atoms with van der Waals surface area (Å²) < 4.78 is 5.92. The highest BCUT2D eigenvalue weighted by Crippen LogP contribution is 2.24. The number of amides is 1. The third-order valence-electron chi connectivity index (χ3n) is 4.29. The van der Waals surface area contributed by atoms with Crippen LogP contribution in [0.4, 0.5) is 0 Å². The molecule has 0 fully saturated rings. The van der Waals surface area contributed by atoms with Crippen molar-refractivity contribution in [3.63, 3.8) is 0 Å². The van der Waals surface area contributed by atoms with Crippen LogP contribution in [0.25, 0.3) is 0 Å². The number of aromatic nitrogens is 2. The van der Waals surface area contributed by atoms with Crippen LogP contribution in [-0.2, 0) is 13.0 Å². The number of carbonyl (C=O) groups excluding carboxylic acids is 1. The second-order valence-corrected chi connectivity index (χ2v) is 7.39. The monoisotopic (exact) mass is 381 g/mol. The van der Waals surface area contributed by atoms with Gasteiger partial charge in [0.05, 0.1) is 0 Å². The Morgan fingerprint density at radius 3 is 2.85 bits per heavy atom. The van der Waals surface area contributed by atoms with Gasteiger partial charge >= 0.3 is 0 Å². The highest BCUT2D eigenvalue weighted by molar-refractivity contribution is 7.09. The highest BCUT2D eigenvalue weighted by Gasteiger charge is 2.12. The quantitative estimate of drug-likeness (QED) is 0.671. The van der Waals surface area contributed by atoms with Gasteiger partial charge in [-0.15, -0.1) is 11.3 Å². The minimum Gasteiger partial charge on any atom is -0.486 e. The lowest BCUT2D eigenvalue weighted by Crippen LogP contribution is -2.26. The lowest BCUT2D eigenvalue weighted by atomic mass is 10.1. The number of thiazole rings is 1. The van der Waals surface area contributed by atoms with Gasteiger partial charge in [0.25, 0.3) is 5.91 Å². The highest BCUT2D eigenvalue weighted by atomic mass is 32.1. The lowest BCUT2D eigenvalue weighted by molar-refractivity contribution is 0.0949. The summed E-state index contributed by atoms with van der Waals surface area (Å²) in [6, 6.07) is 9.93. The van der Waals surface area contributed by atoms with Gasteiger partial charge < -0.3 is 10.1 Å². The molecule has 0 saturated heterocycles. The topological polar surface area (TPSA) is 64.1 Å². The fourth-order valence-electron chi connectivity index (χ4n) is 2.71. The first-order chi connectivity index (χ1) is 13.0. The predicted molar refractivity (Wildman–Crippen MR) is 107 cm³/mol. The number of nitrogens with zero attached hydrogens (tertiary/aromatic N) is 2. The van der Waals surface area contributed by atoms with E-state index in [0.29, 0.717) is 25.3 Å². The summed E-state index contributed by atoms with van der Waals surface area (Å²) in [6.07, 6.45) is 2.44. The number of carbonyl (C=O) groups is 1. The van der Waals surface area contributed by atoms with Crippen molar-refractivity contribution in [1.82, 2.24) is 15.3 Å². The van der Waals surface area contributed by atoms with E-state index in [1.165, 1.54) is 22.5 Å². The number of aryl methyl sites for hydroxylation is 2. The van der Waals surface area contributed by atoms with E-state index < -0.39 is 0 Å². The van der Waals surface area contributed by atoms with E-state index in [-0.39, 0.29) is 5.91 Å². The molecule has 5 nitrogen and oxygen atoms in total. The maximum absolute atomic E-state index is 12.2. The molecule has 6 heteroatoms. The summed E-state index contributed by atoms with van der Waals surface area (Å²) in [5.74, 6) is 0.695. The van der Waals surface area contributed by atoms with Crippen molar-refractivity contribution in [2.45, 2.75) is 33.8 Å². The Morgan fingerprint density at radius 1 is 1.22 bits per heavy atom. The molecule has 0 radical (unpaired) electrons.